The molecule has 0 bridgehead atoms. The van der Waals surface area contributed by atoms with Gasteiger partial charge >= 0.3 is 18.3 Å². The van der Waals surface area contributed by atoms with Gasteiger partial charge < -0.3 is 10.4 Å². The normalized spacial score (nSPS) is 17.2. The van der Waals surface area contributed by atoms with Crippen molar-refractivity contribution in [2.45, 2.75) is 45.0 Å². The van der Waals surface area contributed by atoms with Gasteiger partial charge in [-0.05, 0) is 65.8 Å². The summed E-state index contributed by atoms with van der Waals surface area (Å²) in [4.78, 5) is 12.0. The number of alkyl halides is 6. The van der Waals surface area contributed by atoms with E-state index >= 15 is 0 Å². The van der Waals surface area contributed by atoms with E-state index in [1.54, 1.807) is 0 Å². The molecule has 0 saturated heterocycles. The number of carboxylic acids is 1. The zero-order valence-corrected chi connectivity index (χ0v) is 19.3. The Kier molecular flexibility index (Phi) is 7.85. The van der Waals surface area contributed by atoms with Gasteiger partial charge in [0.2, 0.25) is 0 Å². The molecule has 10 heteroatoms. The maximum atomic E-state index is 13.5. The average molecular weight is 515 g/mol. The molecular weight excluding hydrogens is 491 g/mol. The largest absolute Gasteiger partial charge is 0.481 e. The van der Waals surface area contributed by atoms with E-state index in [0.717, 1.165) is 18.2 Å². The number of hydrogen-bond acceptors (Lipinski definition) is 2. The fraction of sp³-hybridized carbons (Fsp3) is 0.346. The highest BCUT2D eigenvalue weighted by atomic mass is 19.4. The Balaban J connectivity index is 2.09. The van der Waals surface area contributed by atoms with E-state index in [2.05, 4.69) is 5.32 Å². The van der Waals surface area contributed by atoms with Gasteiger partial charge in [0.15, 0.2) is 0 Å². The molecule has 0 aromatic heterocycles. The highest BCUT2D eigenvalue weighted by Crippen LogP contribution is 2.39. The molecule has 3 rings (SSSR count). The molecule has 2 aromatic rings. The lowest BCUT2D eigenvalue weighted by Gasteiger charge is -2.22. The topological polar surface area (TPSA) is 49.3 Å². The van der Waals surface area contributed by atoms with Crippen LogP contribution in [0.3, 0.4) is 0 Å². The Labute approximate surface area is 203 Å². The van der Waals surface area contributed by atoms with Gasteiger partial charge in [0, 0.05) is 5.69 Å². The summed E-state index contributed by atoms with van der Waals surface area (Å²) in [5.74, 6) is -4.92. The van der Waals surface area contributed by atoms with Crippen LogP contribution in [-0.2, 0) is 11.0 Å². The smallest absolute Gasteiger partial charge is 0.418 e. The Morgan fingerprint density at radius 3 is 2.31 bits per heavy atom. The van der Waals surface area contributed by atoms with Crippen LogP contribution in [0, 0.1) is 17.7 Å². The van der Waals surface area contributed by atoms with E-state index in [4.69, 9.17) is 0 Å². The van der Waals surface area contributed by atoms with Crippen molar-refractivity contribution in [3.05, 3.63) is 77.1 Å². The Hall–Kier alpha value is -3.30. The number of carbonyl (C=O) groups is 1. The Morgan fingerprint density at radius 1 is 1.08 bits per heavy atom. The lowest BCUT2D eigenvalue weighted by Crippen LogP contribution is -2.21. The molecule has 0 fully saturated rings. The molecule has 36 heavy (non-hydrogen) atoms. The molecule has 1 aliphatic rings. The first kappa shape index (κ1) is 27.3. The summed E-state index contributed by atoms with van der Waals surface area (Å²) < 4.78 is 93.2. The van der Waals surface area contributed by atoms with Gasteiger partial charge in [-0.25, -0.2) is 4.39 Å². The van der Waals surface area contributed by atoms with Crippen LogP contribution in [0.15, 0.2) is 54.6 Å². The molecule has 0 heterocycles. The molecule has 0 radical (unpaired) electrons. The third-order valence-corrected chi connectivity index (χ3v) is 5.78. The predicted molar refractivity (Wildman–Crippen MR) is 122 cm³/mol. The van der Waals surface area contributed by atoms with Crippen molar-refractivity contribution < 1.29 is 40.6 Å². The summed E-state index contributed by atoms with van der Waals surface area (Å²) in [6.07, 6.45) is -5.76. The van der Waals surface area contributed by atoms with Crippen LogP contribution >= 0.6 is 0 Å². The number of benzene rings is 2. The minimum atomic E-state index is -4.87. The van der Waals surface area contributed by atoms with Crippen molar-refractivity contribution in [3.63, 3.8) is 0 Å². The standard InChI is InChI=1S/C26H24F7NO2/c1-14(2)9-21(24(35)36)17-10-16(15-3-5-18(6-4-15)25(28,29)30)11-20(12-17)34-23-8-7-19(27)13-22(23)26(31,32)33/h3-5,7-8,10-14,18,21,34H,6,9H2,1-2H3,(H,35,36). The molecule has 0 spiro atoms. The van der Waals surface area contributed by atoms with Gasteiger partial charge in [-0.3, -0.25) is 4.79 Å². The molecule has 0 aliphatic heterocycles. The summed E-state index contributed by atoms with van der Waals surface area (Å²) in [6, 6.07) is 6.44. The summed E-state index contributed by atoms with van der Waals surface area (Å²) in [5.41, 5.74) is -0.619. The van der Waals surface area contributed by atoms with Crippen LogP contribution in [0.25, 0.3) is 5.57 Å². The molecule has 2 aromatic carbocycles. The first-order valence-electron chi connectivity index (χ1n) is 11.1. The van der Waals surface area contributed by atoms with Crippen molar-refractivity contribution in [2.24, 2.45) is 11.8 Å². The molecule has 2 atom stereocenters. The minimum absolute atomic E-state index is 0.0265. The summed E-state index contributed by atoms with van der Waals surface area (Å²) in [6.45, 7) is 3.63. The van der Waals surface area contributed by atoms with Gasteiger partial charge in [-0.2, -0.15) is 26.3 Å². The van der Waals surface area contributed by atoms with Crippen molar-refractivity contribution >= 4 is 22.9 Å². The maximum Gasteiger partial charge on any atom is 0.418 e. The maximum absolute atomic E-state index is 13.5. The van der Waals surface area contributed by atoms with Crippen LogP contribution in [0.1, 0.15) is 49.3 Å². The van der Waals surface area contributed by atoms with Crippen molar-refractivity contribution in [1.29, 1.82) is 0 Å². The second-order valence-electron chi connectivity index (χ2n) is 9.08. The van der Waals surface area contributed by atoms with Crippen LogP contribution in [-0.4, -0.2) is 17.3 Å². The zero-order valence-electron chi connectivity index (χ0n) is 19.3. The van der Waals surface area contributed by atoms with Gasteiger partial charge in [0.1, 0.15) is 5.82 Å². The van der Waals surface area contributed by atoms with E-state index in [0.29, 0.717) is 17.2 Å². The number of carboxylic acid groups (broad SMARTS) is 1. The monoisotopic (exact) mass is 515 g/mol. The number of hydrogen-bond donors (Lipinski definition) is 2. The fourth-order valence-electron chi connectivity index (χ4n) is 4.04. The van der Waals surface area contributed by atoms with E-state index in [1.165, 1.54) is 30.4 Å². The Bertz CT molecular complexity index is 1180. The first-order valence-corrected chi connectivity index (χ1v) is 11.1. The van der Waals surface area contributed by atoms with Crippen LogP contribution in [0.5, 0.6) is 0 Å². The molecule has 1 aliphatic carbocycles. The van der Waals surface area contributed by atoms with E-state index in [1.807, 2.05) is 13.8 Å². The van der Waals surface area contributed by atoms with E-state index in [-0.39, 0.29) is 30.0 Å². The van der Waals surface area contributed by atoms with Crippen molar-refractivity contribution in [2.75, 3.05) is 5.32 Å². The summed E-state index contributed by atoms with van der Waals surface area (Å²) >= 11 is 0. The highest BCUT2D eigenvalue weighted by molar-refractivity contribution is 5.82. The van der Waals surface area contributed by atoms with Crippen LogP contribution in [0.4, 0.5) is 42.1 Å². The minimum Gasteiger partial charge on any atom is -0.481 e. The summed E-state index contributed by atoms with van der Waals surface area (Å²) in [7, 11) is 0. The van der Waals surface area contributed by atoms with Gasteiger partial charge in [0.05, 0.1) is 23.1 Å². The van der Waals surface area contributed by atoms with Gasteiger partial charge in [-0.15, -0.1) is 0 Å². The molecule has 3 nitrogen and oxygen atoms in total. The van der Waals surface area contributed by atoms with Crippen molar-refractivity contribution in [1.82, 2.24) is 0 Å². The van der Waals surface area contributed by atoms with Gasteiger partial charge in [-0.1, -0.05) is 38.1 Å². The highest BCUT2D eigenvalue weighted by Gasteiger charge is 2.38. The second-order valence-corrected chi connectivity index (χ2v) is 9.08. The summed E-state index contributed by atoms with van der Waals surface area (Å²) in [5, 5.41) is 12.4. The van der Waals surface area contributed by atoms with E-state index < -0.39 is 47.2 Å². The third kappa shape index (κ3) is 6.67. The predicted octanol–water partition coefficient (Wildman–Crippen LogP) is 8.32. The van der Waals surface area contributed by atoms with Crippen LogP contribution < -0.4 is 5.32 Å². The number of halogens is 7. The first-order chi connectivity index (χ1) is 16.6. The molecule has 194 valence electrons. The third-order valence-electron chi connectivity index (χ3n) is 5.78. The van der Waals surface area contributed by atoms with Crippen molar-refractivity contribution in [3.8, 4) is 0 Å². The number of rotatable bonds is 7. The van der Waals surface area contributed by atoms with E-state index in [9.17, 15) is 40.6 Å². The zero-order chi connectivity index (χ0) is 26.8. The second kappa shape index (κ2) is 10.4. The molecular formula is C26H24F7NO2. The number of allylic oxidation sites excluding steroid dienone is 4. The lowest BCUT2D eigenvalue weighted by molar-refractivity contribution is -0.160. The molecule has 0 amide bonds. The SMILES string of the molecule is CC(C)CC(C(=O)O)c1cc(Nc2ccc(F)cc2C(F)(F)F)cc(C2=CCC(C(F)(F)F)C=C2)c1. The van der Waals surface area contributed by atoms with Gasteiger partial charge in [0.25, 0.3) is 0 Å². The number of nitrogens with one attached hydrogen (secondary N) is 1. The Morgan fingerprint density at radius 2 is 1.78 bits per heavy atom. The van der Waals surface area contributed by atoms with Crippen LogP contribution in [0.2, 0.25) is 0 Å². The average Bonchev–Trinajstić information content (AvgIpc) is 2.77. The number of anilines is 2. The fourth-order valence-corrected chi connectivity index (χ4v) is 4.04. The number of aliphatic carboxylic acids is 1. The molecule has 2 unspecified atom stereocenters. The quantitative estimate of drug-likeness (QED) is 0.365. The molecule has 2 N–H and O–H groups in total. The lowest BCUT2D eigenvalue weighted by atomic mass is 9.86. The molecule has 0 saturated carbocycles.